The zero-order valence-electron chi connectivity index (χ0n) is 12.2. The van der Waals surface area contributed by atoms with Crippen molar-refractivity contribution in [3.05, 3.63) is 33.2 Å². The second-order valence-corrected chi connectivity index (χ2v) is 6.39. The maximum Gasteiger partial charge on any atom is 0.277 e. The lowest BCUT2D eigenvalue weighted by Gasteiger charge is -2.08. The summed E-state index contributed by atoms with van der Waals surface area (Å²) in [6.45, 7) is 5.35. The molecule has 22 heavy (non-hydrogen) atoms. The number of nitrogens with zero attached hydrogens (tertiary/aromatic N) is 3. The van der Waals surface area contributed by atoms with Crippen LogP contribution in [-0.4, -0.2) is 19.6 Å². The summed E-state index contributed by atoms with van der Waals surface area (Å²) < 4.78 is 1.96. The molecule has 0 saturated heterocycles. The van der Waals surface area contributed by atoms with Crippen molar-refractivity contribution in [2.45, 2.75) is 26.7 Å². The smallest absolute Gasteiger partial charge is 0.277 e. The molecular weight excluding hydrogens is 302 g/mol. The van der Waals surface area contributed by atoms with E-state index < -0.39 is 5.56 Å². The van der Waals surface area contributed by atoms with Gasteiger partial charge >= 0.3 is 0 Å². The highest BCUT2D eigenvalue weighted by Gasteiger charge is 2.21. The number of hydrogen-bond donors (Lipinski definition) is 2. The SMILES string of the molecule is Cc1c(O)c(O)cc2sc3nc(C(C)C)c(C#N)c(=O)n3c12. The van der Waals surface area contributed by atoms with Gasteiger partial charge in [-0.05, 0) is 12.8 Å². The lowest BCUT2D eigenvalue weighted by Crippen LogP contribution is -2.20. The molecule has 0 aliphatic heterocycles. The number of aryl methyl sites for hydroxylation is 1. The van der Waals surface area contributed by atoms with Gasteiger partial charge in [0.15, 0.2) is 16.5 Å². The number of hydrogen-bond acceptors (Lipinski definition) is 6. The minimum absolute atomic E-state index is 0.0131. The van der Waals surface area contributed by atoms with Crippen molar-refractivity contribution in [3.63, 3.8) is 0 Å². The van der Waals surface area contributed by atoms with Gasteiger partial charge in [0.2, 0.25) is 0 Å². The second kappa shape index (κ2) is 4.71. The van der Waals surface area contributed by atoms with Crippen LogP contribution in [0.5, 0.6) is 11.5 Å². The molecule has 2 heterocycles. The Labute approximate surface area is 129 Å². The average Bonchev–Trinajstić information content (AvgIpc) is 2.83. The van der Waals surface area contributed by atoms with E-state index in [1.165, 1.54) is 21.8 Å². The lowest BCUT2D eigenvalue weighted by atomic mass is 10.1. The van der Waals surface area contributed by atoms with Crippen molar-refractivity contribution < 1.29 is 10.2 Å². The first-order valence-electron chi connectivity index (χ1n) is 6.67. The lowest BCUT2D eigenvalue weighted by molar-refractivity contribution is 0.402. The summed E-state index contributed by atoms with van der Waals surface area (Å²) in [4.78, 5) is 17.6. The van der Waals surface area contributed by atoms with E-state index in [9.17, 15) is 20.3 Å². The molecule has 6 nitrogen and oxygen atoms in total. The van der Waals surface area contributed by atoms with E-state index in [-0.39, 0.29) is 23.0 Å². The summed E-state index contributed by atoms with van der Waals surface area (Å²) in [5.41, 5.74) is 0.880. The van der Waals surface area contributed by atoms with Gasteiger partial charge < -0.3 is 10.2 Å². The fourth-order valence-electron chi connectivity index (χ4n) is 2.51. The molecule has 0 saturated carbocycles. The third kappa shape index (κ3) is 1.77. The third-order valence-corrected chi connectivity index (χ3v) is 4.61. The molecule has 0 spiro atoms. The quantitative estimate of drug-likeness (QED) is 0.673. The fraction of sp³-hybridized carbons (Fsp3) is 0.267. The van der Waals surface area contributed by atoms with Crippen LogP contribution in [0.3, 0.4) is 0 Å². The Kier molecular flexibility index (Phi) is 3.07. The highest BCUT2D eigenvalue weighted by atomic mass is 32.1. The van der Waals surface area contributed by atoms with E-state index in [0.29, 0.717) is 26.4 Å². The van der Waals surface area contributed by atoms with Crippen LogP contribution in [0.1, 0.15) is 36.6 Å². The molecule has 0 atom stereocenters. The fourth-order valence-corrected chi connectivity index (χ4v) is 3.63. The molecule has 0 aliphatic carbocycles. The Hall–Kier alpha value is -2.59. The van der Waals surface area contributed by atoms with Gasteiger partial charge in [-0.3, -0.25) is 4.79 Å². The van der Waals surface area contributed by atoms with Gasteiger partial charge in [-0.2, -0.15) is 5.26 Å². The van der Waals surface area contributed by atoms with Gasteiger partial charge in [0.1, 0.15) is 11.6 Å². The molecule has 0 unspecified atom stereocenters. The number of rotatable bonds is 1. The van der Waals surface area contributed by atoms with Crippen LogP contribution in [0.15, 0.2) is 10.9 Å². The van der Waals surface area contributed by atoms with Crippen LogP contribution < -0.4 is 5.56 Å². The van der Waals surface area contributed by atoms with E-state index >= 15 is 0 Å². The molecule has 1 aromatic carbocycles. The van der Waals surface area contributed by atoms with Crippen molar-refractivity contribution >= 4 is 26.5 Å². The summed E-state index contributed by atoms with van der Waals surface area (Å²) in [7, 11) is 0. The number of fused-ring (bicyclic) bond motifs is 3. The van der Waals surface area contributed by atoms with Crippen molar-refractivity contribution in [1.29, 1.82) is 5.26 Å². The highest BCUT2D eigenvalue weighted by Crippen LogP contribution is 2.38. The Morgan fingerprint density at radius 1 is 1.41 bits per heavy atom. The van der Waals surface area contributed by atoms with Crippen molar-refractivity contribution in [1.82, 2.24) is 9.38 Å². The van der Waals surface area contributed by atoms with E-state index in [1.807, 2.05) is 19.9 Å². The third-order valence-electron chi connectivity index (χ3n) is 3.62. The van der Waals surface area contributed by atoms with Crippen LogP contribution in [-0.2, 0) is 0 Å². The second-order valence-electron chi connectivity index (χ2n) is 5.38. The molecule has 0 amide bonds. The first kappa shape index (κ1) is 14.4. The van der Waals surface area contributed by atoms with Crippen molar-refractivity contribution in [3.8, 4) is 17.6 Å². The van der Waals surface area contributed by atoms with Crippen molar-refractivity contribution in [2.24, 2.45) is 0 Å². The molecule has 0 radical (unpaired) electrons. The molecule has 0 fully saturated rings. The van der Waals surface area contributed by atoms with Gasteiger partial charge in [0, 0.05) is 11.6 Å². The van der Waals surface area contributed by atoms with Crippen LogP contribution >= 0.6 is 11.3 Å². The molecule has 3 rings (SSSR count). The molecule has 0 bridgehead atoms. The maximum absolute atomic E-state index is 12.7. The molecule has 112 valence electrons. The number of aromatic nitrogens is 2. The van der Waals surface area contributed by atoms with Crippen LogP contribution in [0.2, 0.25) is 0 Å². The standard InChI is InChI=1S/C15H13N3O3S/c1-6(2)11-8(5-16)14(21)18-12-7(3)13(20)9(19)4-10(12)22-15(18)17-11/h4,6,19-20H,1-3H3. The van der Waals surface area contributed by atoms with E-state index in [1.54, 1.807) is 6.92 Å². The zero-order chi connectivity index (χ0) is 16.2. The predicted molar refractivity (Wildman–Crippen MR) is 83.7 cm³/mol. The molecule has 2 N–H and O–H groups in total. The molecule has 7 heteroatoms. The average molecular weight is 315 g/mol. The number of phenolic OH excluding ortho intramolecular Hbond substituents is 2. The normalized spacial score (nSPS) is 11.4. The summed E-state index contributed by atoms with van der Waals surface area (Å²) >= 11 is 1.23. The van der Waals surface area contributed by atoms with Crippen LogP contribution in [0.4, 0.5) is 0 Å². The van der Waals surface area contributed by atoms with Gasteiger partial charge in [0.25, 0.3) is 5.56 Å². The number of nitriles is 1. The predicted octanol–water partition coefficient (Wildman–Crippen LogP) is 2.62. The van der Waals surface area contributed by atoms with Gasteiger partial charge in [-0.15, -0.1) is 0 Å². The van der Waals surface area contributed by atoms with Crippen LogP contribution in [0.25, 0.3) is 15.2 Å². The van der Waals surface area contributed by atoms with E-state index in [4.69, 9.17) is 0 Å². The van der Waals surface area contributed by atoms with Gasteiger partial charge in [-0.25, -0.2) is 9.38 Å². The highest BCUT2D eigenvalue weighted by molar-refractivity contribution is 7.23. The molecule has 0 aliphatic rings. The van der Waals surface area contributed by atoms with Gasteiger partial charge in [0.05, 0.1) is 15.9 Å². The number of thiazole rings is 1. The molecule has 2 aromatic heterocycles. The summed E-state index contributed by atoms with van der Waals surface area (Å²) in [6.07, 6.45) is 0. The zero-order valence-corrected chi connectivity index (χ0v) is 13.0. The largest absolute Gasteiger partial charge is 0.504 e. The minimum atomic E-state index is -0.448. The Morgan fingerprint density at radius 3 is 2.68 bits per heavy atom. The Balaban J connectivity index is 2.62. The van der Waals surface area contributed by atoms with Crippen LogP contribution in [0, 0.1) is 18.3 Å². The topological polar surface area (TPSA) is 98.6 Å². The minimum Gasteiger partial charge on any atom is -0.504 e. The summed E-state index contributed by atoms with van der Waals surface area (Å²) in [5.74, 6) is -0.569. The summed E-state index contributed by atoms with van der Waals surface area (Å²) in [5, 5.41) is 28.9. The molecular formula is C15H13N3O3S. The van der Waals surface area contributed by atoms with E-state index in [2.05, 4.69) is 4.98 Å². The first-order chi connectivity index (χ1) is 10.4. The van der Waals surface area contributed by atoms with Gasteiger partial charge in [-0.1, -0.05) is 25.2 Å². The van der Waals surface area contributed by atoms with Crippen molar-refractivity contribution in [2.75, 3.05) is 0 Å². The Morgan fingerprint density at radius 2 is 2.09 bits per heavy atom. The number of benzene rings is 1. The Bertz CT molecular complexity index is 1020. The maximum atomic E-state index is 12.7. The van der Waals surface area contributed by atoms with E-state index in [0.717, 1.165) is 0 Å². The molecule has 3 aromatic rings. The monoisotopic (exact) mass is 315 g/mol. The number of phenols is 2. The number of aromatic hydroxyl groups is 2. The summed E-state index contributed by atoms with van der Waals surface area (Å²) in [6, 6.07) is 3.33. The first-order valence-corrected chi connectivity index (χ1v) is 7.49.